The molecule has 0 bridgehead atoms. The number of carbonyl (C=O) groups is 1. The van der Waals surface area contributed by atoms with Crippen LogP contribution in [0.3, 0.4) is 0 Å². The summed E-state index contributed by atoms with van der Waals surface area (Å²) in [6, 6.07) is 5.10. The van der Waals surface area contributed by atoms with E-state index in [0.717, 1.165) is 0 Å². The molecule has 1 aromatic rings. The molecule has 0 spiro atoms. The molecule has 1 aliphatic carbocycles. The Balaban J connectivity index is 2.22. The van der Waals surface area contributed by atoms with Gasteiger partial charge in [-0.05, 0) is 37.0 Å². The maximum Gasteiger partial charge on any atom is 0.341 e. The van der Waals surface area contributed by atoms with E-state index in [1.54, 1.807) is 18.2 Å². The molecular weight excluding hydrogens is 216 g/mol. The summed E-state index contributed by atoms with van der Waals surface area (Å²) >= 11 is 0. The fourth-order valence-electron chi connectivity index (χ4n) is 1.51. The molecule has 0 saturated heterocycles. The Morgan fingerprint density at radius 2 is 2.29 bits per heavy atom. The molecule has 1 aliphatic rings. The number of carbonyl (C=O) groups excluding carboxylic acids is 1. The molecule has 0 aliphatic heterocycles. The van der Waals surface area contributed by atoms with E-state index in [4.69, 9.17) is 15.9 Å². The molecule has 0 atom stereocenters. The fourth-order valence-corrected chi connectivity index (χ4v) is 1.51. The summed E-state index contributed by atoms with van der Waals surface area (Å²) < 4.78 is 10.3. The van der Waals surface area contributed by atoms with Crippen molar-refractivity contribution >= 4 is 5.97 Å². The van der Waals surface area contributed by atoms with Crippen LogP contribution in [-0.2, 0) is 4.74 Å². The zero-order chi connectivity index (χ0) is 12.3. The second-order valence-corrected chi connectivity index (χ2v) is 4.10. The summed E-state index contributed by atoms with van der Waals surface area (Å²) in [4.78, 5) is 11.6. The van der Waals surface area contributed by atoms with Crippen LogP contribution in [-0.4, -0.2) is 19.7 Å². The van der Waals surface area contributed by atoms with Crippen molar-refractivity contribution in [3.63, 3.8) is 0 Å². The van der Waals surface area contributed by atoms with Gasteiger partial charge in [0.1, 0.15) is 11.3 Å². The van der Waals surface area contributed by atoms with Gasteiger partial charge in [0.25, 0.3) is 0 Å². The van der Waals surface area contributed by atoms with E-state index in [-0.39, 0.29) is 0 Å². The zero-order valence-electron chi connectivity index (χ0n) is 9.73. The van der Waals surface area contributed by atoms with Gasteiger partial charge in [-0.15, -0.1) is 6.42 Å². The zero-order valence-corrected chi connectivity index (χ0v) is 9.73. The molecule has 0 unspecified atom stereocenters. The molecule has 2 rings (SSSR count). The Kier molecular flexibility index (Phi) is 3.34. The number of hydrogen-bond donors (Lipinski definition) is 0. The number of ether oxygens (including phenoxy) is 2. The van der Waals surface area contributed by atoms with Crippen molar-refractivity contribution in [2.75, 3.05) is 13.7 Å². The lowest BCUT2D eigenvalue weighted by atomic mass is 10.1. The Bertz CT molecular complexity index is 467. The third-order valence-electron chi connectivity index (χ3n) is 2.72. The summed E-state index contributed by atoms with van der Waals surface area (Å²) in [6.07, 6.45) is 7.71. The molecule has 0 aromatic heterocycles. The van der Waals surface area contributed by atoms with E-state index in [1.807, 2.05) is 0 Å². The van der Waals surface area contributed by atoms with Crippen molar-refractivity contribution in [2.45, 2.75) is 12.8 Å². The predicted molar refractivity (Wildman–Crippen MR) is 63.9 cm³/mol. The van der Waals surface area contributed by atoms with Crippen LogP contribution in [0.25, 0.3) is 0 Å². The minimum absolute atomic E-state index is 0.392. The number of hydrogen-bond acceptors (Lipinski definition) is 3. The molecule has 3 nitrogen and oxygen atoms in total. The van der Waals surface area contributed by atoms with Crippen LogP contribution < -0.4 is 4.74 Å². The number of terminal acetylenes is 1. The largest absolute Gasteiger partial charge is 0.492 e. The molecule has 1 fully saturated rings. The van der Waals surface area contributed by atoms with Gasteiger partial charge in [-0.2, -0.15) is 0 Å². The highest BCUT2D eigenvalue weighted by Gasteiger charge is 2.23. The monoisotopic (exact) mass is 230 g/mol. The molecule has 0 amide bonds. The molecule has 0 radical (unpaired) electrons. The minimum Gasteiger partial charge on any atom is -0.492 e. The lowest BCUT2D eigenvalue weighted by Crippen LogP contribution is -2.07. The number of rotatable bonds is 4. The van der Waals surface area contributed by atoms with E-state index < -0.39 is 5.97 Å². The van der Waals surface area contributed by atoms with Gasteiger partial charge in [0, 0.05) is 5.56 Å². The summed E-state index contributed by atoms with van der Waals surface area (Å²) in [5.41, 5.74) is 1.03. The molecule has 0 N–H and O–H groups in total. The minimum atomic E-state index is -0.423. The van der Waals surface area contributed by atoms with Crippen molar-refractivity contribution in [3.05, 3.63) is 29.3 Å². The summed E-state index contributed by atoms with van der Waals surface area (Å²) in [6.45, 7) is 0.652. The van der Waals surface area contributed by atoms with Crippen LogP contribution >= 0.6 is 0 Å². The van der Waals surface area contributed by atoms with E-state index in [9.17, 15) is 4.79 Å². The van der Waals surface area contributed by atoms with Crippen molar-refractivity contribution in [1.29, 1.82) is 0 Å². The topological polar surface area (TPSA) is 35.5 Å². The van der Waals surface area contributed by atoms with Crippen LogP contribution in [0.15, 0.2) is 18.2 Å². The standard InChI is InChI=1S/C14H14O3/c1-3-10-6-7-13(17-9-11-4-5-11)12(8-10)14(15)16-2/h1,6-8,11H,4-5,9H2,2H3. The van der Waals surface area contributed by atoms with Crippen molar-refractivity contribution in [1.82, 2.24) is 0 Å². The molecule has 1 aromatic carbocycles. The smallest absolute Gasteiger partial charge is 0.341 e. The number of benzene rings is 1. The average molecular weight is 230 g/mol. The van der Waals surface area contributed by atoms with Crippen molar-refractivity contribution in [3.8, 4) is 18.1 Å². The highest BCUT2D eigenvalue weighted by atomic mass is 16.5. The quantitative estimate of drug-likeness (QED) is 0.588. The lowest BCUT2D eigenvalue weighted by molar-refractivity contribution is 0.0595. The van der Waals surface area contributed by atoms with Crippen molar-refractivity contribution in [2.24, 2.45) is 5.92 Å². The van der Waals surface area contributed by atoms with Crippen LogP contribution in [0.5, 0.6) is 5.75 Å². The summed E-state index contributed by atoms with van der Waals surface area (Å²) in [5.74, 6) is 3.24. The van der Waals surface area contributed by atoms with Gasteiger partial charge in [-0.3, -0.25) is 0 Å². The SMILES string of the molecule is C#Cc1ccc(OCC2CC2)c(C(=O)OC)c1. The summed E-state index contributed by atoms with van der Waals surface area (Å²) in [5, 5.41) is 0. The first kappa shape index (κ1) is 11.5. The molecular formula is C14H14O3. The fraction of sp³-hybridized carbons (Fsp3) is 0.357. The highest BCUT2D eigenvalue weighted by molar-refractivity contribution is 5.92. The first-order chi connectivity index (χ1) is 8.24. The second-order valence-electron chi connectivity index (χ2n) is 4.10. The second kappa shape index (κ2) is 4.92. The molecule has 3 heteroatoms. The Morgan fingerprint density at radius 3 is 2.88 bits per heavy atom. The van der Waals surface area contributed by atoms with Gasteiger partial charge in [0.15, 0.2) is 0 Å². The Hall–Kier alpha value is -1.95. The van der Waals surface area contributed by atoms with E-state index in [2.05, 4.69) is 5.92 Å². The van der Waals surface area contributed by atoms with Gasteiger partial charge in [-0.25, -0.2) is 4.79 Å². The van der Waals surface area contributed by atoms with Gasteiger partial charge in [0.05, 0.1) is 13.7 Å². The summed E-state index contributed by atoms with van der Waals surface area (Å²) in [7, 11) is 1.34. The normalized spacial score (nSPS) is 13.9. The molecule has 17 heavy (non-hydrogen) atoms. The van der Waals surface area contributed by atoms with Crippen LogP contribution in [0.2, 0.25) is 0 Å². The predicted octanol–water partition coefficient (Wildman–Crippen LogP) is 2.24. The third-order valence-corrected chi connectivity index (χ3v) is 2.72. The maximum atomic E-state index is 11.6. The van der Waals surface area contributed by atoms with Gasteiger partial charge in [0.2, 0.25) is 0 Å². The van der Waals surface area contributed by atoms with Crippen LogP contribution in [0, 0.1) is 18.3 Å². The highest BCUT2D eigenvalue weighted by Crippen LogP contribution is 2.30. The van der Waals surface area contributed by atoms with Gasteiger partial charge in [-0.1, -0.05) is 5.92 Å². The van der Waals surface area contributed by atoms with Gasteiger partial charge >= 0.3 is 5.97 Å². The van der Waals surface area contributed by atoms with E-state index in [1.165, 1.54) is 20.0 Å². The van der Waals surface area contributed by atoms with Crippen molar-refractivity contribution < 1.29 is 14.3 Å². The first-order valence-electron chi connectivity index (χ1n) is 5.56. The third kappa shape index (κ3) is 2.79. The number of esters is 1. The van der Waals surface area contributed by atoms with E-state index in [0.29, 0.717) is 29.4 Å². The molecule has 0 heterocycles. The first-order valence-corrected chi connectivity index (χ1v) is 5.56. The Morgan fingerprint density at radius 1 is 1.53 bits per heavy atom. The maximum absolute atomic E-state index is 11.6. The number of methoxy groups -OCH3 is 1. The van der Waals surface area contributed by atoms with Crippen LogP contribution in [0.4, 0.5) is 0 Å². The lowest BCUT2D eigenvalue weighted by Gasteiger charge is -2.10. The van der Waals surface area contributed by atoms with Crippen LogP contribution in [0.1, 0.15) is 28.8 Å². The Labute approximate surface area is 101 Å². The molecule has 88 valence electrons. The average Bonchev–Trinajstić information content (AvgIpc) is 3.19. The van der Waals surface area contributed by atoms with E-state index >= 15 is 0 Å². The molecule has 1 saturated carbocycles. The van der Waals surface area contributed by atoms with Gasteiger partial charge < -0.3 is 9.47 Å².